The summed E-state index contributed by atoms with van der Waals surface area (Å²) in [5, 5.41) is 9.07. The van der Waals surface area contributed by atoms with E-state index in [4.69, 9.17) is 9.84 Å². The lowest BCUT2D eigenvalue weighted by Gasteiger charge is -2.16. The van der Waals surface area contributed by atoms with Crippen molar-refractivity contribution in [2.75, 3.05) is 6.61 Å². The Balaban J connectivity index is 2.12. The lowest BCUT2D eigenvalue weighted by atomic mass is 10.1. The highest BCUT2D eigenvalue weighted by molar-refractivity contribution is 5.99. The van der Waals surface area contributed by atoms with E-state index < -0.39 is 6.10 Å². The van der Waals surface area contributed by atoms with E-state index in [1.807, 2.05) is 55.5 Å². The summed E-state index contributed by atoms with van der Waals surface area (Å²) in [4.78, 5) is 12.4. The van der Waals surface area contributed by atoms with E-state index in [2.05, 4.69) is 0 Å². The van der Waals surface area contributed by atoms with E-state index in [0.29, 0.717) is 17.7 Å². The Bertz CT molecular complexity index is 602. The predicted octanol–water partition coefficient (Wildman–Crippen LogP) is 3.18. The van der Waals surface area contributed by atoms with Crippen molar-refractivity contribution in [3.8, 4) is 5.75 Å². The third-order valence-corrected chi connectivity index (χ3v) is 3.36. The van der Waals surface area contributed by atoms with Crippen LogP contribution in [0.25, 0.3) is 0 Å². The third kappa shape index (κ3) is 3.92. The molecular formula is C18H20O3. The van der Waals surface area contributed by atoms with Gasteiger partial charge in [0, 0.05) is 12.2 Å². The Morgan fingerprint density at radius 1 is 1.14 bits per heavy atom. The number of rotatable bonds is 6. The standard InChI is InChI=1S/C18H20O3/c1-13-7-9-16(10-8-13)18(20)14(2)21-17-6-4-3-5-15(17)11-12-19/h3-10,14,19H,11-12H2,1-2H3. The van der Waals surface area contributed by atoms with Crippen molar-refractivity contribution in [1.29, 1.82) is 0 Å². The fraction of sp³-hybridized carbons (Fsp3) is 0.278. The molecule has 2 aromatic rings. The molecule has 21 heavy (non-hydrogen) atoms. The number of hydrogen-bond acceptors (Lipinski definition) is 3. The molecule has 1 unspecified atom stereocenters. The minimum Gasteiger partial charge on any atom is -0.482 e. The lowest BCUT2D eigenvalue weighted by Crippen LogP contribution is -2.24. The van der Waals surface area contributed by atoms with Gasteiger partial charge in [-0.1, -0.05) is 48.0 Å². The lowest BCUT2D eigenvalue weighted by molar-refractivity contribution is 0.0816. The molecule has 0 amide bonds. The fourth-order valence-electron chi connectivity index (χ4n) is 2.14. The average molecular weight is 284 g/mol. The molecule has 0 fully saturated rings. The maximum absolute atomic E-state index is 12.4. The summed E-state index contributed by atoms with van der Waals surface area (Å²) >= 11 is 0. The first-order chi connectivity index (χ1) is 10.1. The van der Waals surface area contributed by atoms with Crippen LogP contribution in [-0.2, 0) is 6.42 Å². The van der Waals surface area contributed by atoms with Crippen LogP contribution < -0.4 is 4.74 Å². The maximum atomic E-state index is 12.4. The Morgan fingerprint density at radius 3 is 2.48 bits per heavy atom. The van der Waals surface area contributed by atoms with Crippen LogP contribution in [-0.4, -0.2) is 23.6 Å². The number of benzene rings is 2. The second-order valence-corrected chi connectivity index (χ2v) is 5.07. The summed E-state index contributed by atoms with van der Waals surface area (Å²) < 4.78 is 5.78. The molecule has 2 aromatic carbocycles. The van der Waals surface area contributed by atoms with Gasteiger partial charge >= 0.3 is 0 Å². The molecule has 0 aliphatic carbocycles. The SMILES string of the molecule is Cc1ccc(C(=O)C(C)Oc2ccccc2CCO)cc1. The first-order valence-electron chi connectivity index (χ1n) is 7.08. The summed E-state index contributed by atoms with van der Waals surface area (Å²) in [6, 6.07) is 14.9. The van der Waals surface area contributed by atoms with Crippen molar-refractivity contribution in [2.24, 2.45) is 0 Å². The zero-order valence-electron chi connectivity index (χ0n) is 12.4. The number of para-hydroxylation sites is 1. The molecule has 2 rings (SSSR count). The van der Waals surface area contributed by atoms with Gasteiger partial charge in [-0.2, -0.15) is 0 Å². The van der Waals surface area contributed by atoms with Gasteiger partial charge in [0.2, 0.25) is 5.78 Å². The Labute approximate surface area is 125 Å². The van der Waals surface area contributed by atoms with Crippen LogP contribution in [0.4, 0.5) is 0 Å². The second kappa shape index (κ2) is 7.04. The topological polar surface area (TPSA) is 46.5 Å². The van der Waals surface area contributed by atoms with Gasteiger partial charge in [-0.15, -0.1) is 0 Å². The van der Waals surface area contributed by atoms with Crippen LogP contribution in [0, 0.1) is 6.92 Å². The molecule has 0 spiro atoms. The van der Waals surface area contributed by atoms with Crippen molar-refractivity contribution in [3.63, 3.8) is 0 Å². The van der Waals surface area contributed by atoms with Crippen LogP contribution in [0.1, 0.15) is 28.4 Å². The minimum absolute atomic E-state index is 0.0474. The van der Waals surface area contributed by atoms with Gasteiger partial charge in [0.15, 0.2) is 6.10 Å². The zero-order valence-corrected chi connectivity index (χ0v) is 12.4. The Kier molecular flexibility index (Phi) is 5.12. The van der Waals surface area contributed by atoms with Gasteiger partial charge in [-0.3, -0.25) is 4.79 Å². The number of carbonyl (C=O) groups is 1. The number of Topliss-reactive ketones (excluding diaryl/α,β-unsaturated/α-hetero) is 1. The number of ether oxygens (including phenoxy) is 1. The van der Waals surface area contributed by atoms with Gasteiger partial charge in [0.1, 0.15) is 5.75 Å². The average Bonchev–Trinajstić information content (AvgIpc) is 2.49. The molecule has 0 heterocycles. The van der Waals surface area contributed by atoms with Crippen molar-refractivity contribution in [1.82, 2.24) is 0 Å². The number of aliphatic hydroxyl groups is 1. The molecule has 0 saturated carbocycles. The predicted molar refractivity (Wildman–Crippen MR) is 82.8 cm³/mol. The molecular weight excluding hydrogens is 264 g/mol. The van der Waals surface area contributed by atoms with E-state index in [0.717, 1.165) is 11.1 Å². The van der Waals surface area contributed by atoms with Gasteiger partial charge in [-0.05, 0) is 31.9 Å². The number of aliphatic hydroxyl groups excluding tert-OH is 1. The van der Waals surface area contributed by atoms with Gasteiger partial charge in [-0.25, -0.2) is 0 Å². The maximum Gasteiger partial charge on any atom is 0.202 e. The summed E-state index contributed by atoms with van der Waals surface area (Å²) in [5.41, 5.74) is 2.67. The summed E-state index contributed by atoms with van der Waals surface area (Å²) in [6.07, 6.45) is -0.0470. The van der Waals surface area contributed by atoms with Crippen molar-refractivity contribution in [3.05, 3.63) is 65.2 Å². The van der Waals surface area contributed by atoms with Crippen molar-refractivity contribution in [2.45, 2.75) is 26.4 Å². The fourth-order valence-corrected chi connectivity index (χ4v) is 2.14. The zero-order chi connectivity index (χ0) is 15.2. The molecule has 0 aromatic heterocycles. The number of aryl methyl sites for hydroxylation is 1. The first kappa shape index (κ1) is 15.3. The quantitative estimate of drug-likeness (QED) is 0.829. The molecule has 3 nitrogen and oxygen atoms in total. The van der Waals surface area contributed by atoms with Crippen LogP contribution in [0.15, 0.2) is 48.5 Å². The third-order valence-electron chi connectivity index (χ3n) is 3.36. The highest BCUT2D eigenvalue weighted by Gasteiger charge is 2.17. The van der Waals surface area contributed by atoms with E-state index in [9.17, 15) is 4.79 Å². The van der Waals surface area contributed by atoms with E-state index >= 15 is 0 Å². The van der Waals surface area contributed by atoms with Crippen LogP contribution >= 0.6 is 0 Å². The van der Waals surface area contributed by atoms with E-state index in [1.54, 1.807) is 6.92 Å². The summed E-state index contributed by atoms with van der Waals surface area (Å²) in [6.45, 7) is 3.79. The number of carbonyl (C=O) groups excluding carboxylic acids is 1. The van der Waals surface area contributed by atoms with Gasteiger partial charge < -0.3 is 9.84 Å². The number of hydrogen-bond donors (Lipinski definition) is 1. The van der Waals surface area contributed by atoms with Crippen LogP contribution in [0.2, 0.25) is 0 Å². The normalized spacial score (nSPS) is 12.0. The first-order valence-corrected chi connectivity index (χ1v) is 7.08. The summed E-state index contributed by atoms with van der Waals surface area (Å²) in [5.74, 6) is 0.605. The molecule has 0 aliphatic rings. The molecule has 1 N–H and O–H groups in total. The summed E-state index contributed by atoms with van der Waals surface area (Å²) in [7, 11) is 0. The molecule has 110 valence electrons. The number of ketones is 1. The Hall–Kier alpha value is -2.13. The highest BCUT2D eigenvalue weighted by atomic mass is 16.5. The molecule has 3 heteroatoms. The smallest absolute Gasteiger partial charge is 0.202 e. The largest absolute Gasteiger partial charge is 0.482 e. The molecule has 0 aliphatic heterocycles. The van der Waals surface area contributed by atoms with Gasteiger partial charge in [0.25, 0.3) is 0 Å². The van der Waals surface area contributed by atoms with Crippen LogP contribution in [0.5, 0.6) is 5.75 Å². The van der Waals surface area contributed by atoms with E-state index in [1.165, 1.54) is 0 Å². The van der Waals surface area contributed by atoms with Crippen LogP contribution in [0.3, 0.4) is 0 Å². The minimum atomic E-state index is -0.562. The van der Waals surface area contributed by atoms with Gasteiger partial charge in [0.05, 0.1) is 0 Å². The molecule has 0 saturated heterocycles. The second-order valence-electron chi connectivity index (χ2n) is 5.07. The van der Waals surface area contributed by atoms with Crippen molar-refractivity contribution >= 4 is 5.78 Å². The molecule has 0 radical (unpaired) electrons. The van der Waals surface area contributed by atoms with E-state index in [-0.39, 0.29) is 12.4 Å². The molecule has 1 atom stereocenters. The molecule has 0 bridgehead atoms. The highest BCUT2D eigenvalue weighted by Crippen LogP contribution is 2.21. The van der Waals surface area contributed by atoms with Crippen molar-refractivity contribution < 1.29 is 14.6 Å². The Morgan fingerprint density at radius 2 is 1.81 bits per heavy atom. The monoisotopic (exact) mass is 284 g/mol.